The first-order valence-corrected chi connectivity index (χ1v) is 5.27. The van der Waals surface area contributed by atoms with Crippen LogP contribution in [-0.2, 0) is 11.3 Å². The summed E-state index contributed by atoms with van der Waals surface area (Å²) in [7, 11) is 0. The number of hydrogen-bond acceptors (Lipinski definition) is 4. The fourth-order valence-corrected chi connectivity index (χ4v) is 1.39. The van der Waals surface area contributed by atoms with Gasteiger partial charge in [-0.25, -0.2) is 4.39 Å². The highest BCUT2D eigenvalue weighted by atomic mass is 19.1. The second-order valence-corrected chi connectivity index (χ2v) is 3.63. The third kappa shape index (κ3) is 3.03. The molecule has 2 N–H and O–H groups in total. The van der Waals surface area contributed by atoms with Gasteiger partial charge in [-0.3, -0.25) is 9.48 Å². The first kappa shape index (κ1) is 12.0. The number of aromatic hydroxyl groups is 1. The summed E-state index contributed by atoms with van der Waals surface area (Å²) < 4.78 is 14.8. The number of phenols is 1. The molecule has 1 aromatic carbocycles. The van der Waals surface area contributed by atoms with E-state index >= 15 is 0 Å². The molecule has 0 aliphatic rings. The van der Waals surface area contributed by atoms with Crippen LogP contribution in [0.4, 0.5) is 10.1 Å². The first-order chi connectivity index (χ1) is 8.65. The molecule has 2 aromatic rings. The van der Waals surface area contributed by atoms with Crippen molar-refractivity contribution in [1.29, 1.82) is 0 Å². The molecule has 0 unspecified atom stereocenters. The molecule has 1 aromatic heterocycles. The Morgan fingerprint density at radius 1 is 1.50 bits per heavy atom. The Bertz CT molecular complexity index is 542. The van der Waals surface area contributed by atoms with Crippen molar-refractivity contribution in [3.8, 4) is 5.75 Å². The van der Waals surface area contributed by atoms with Gasteiger partial charge >= 0.3 is 0 Å². The average Bonchev–Trinajstić information content (AvgIpc) is 2.83. The standard InChI is InChI=1S/C11H11FN4O2/c12-9-7-8(17)1-2-10(9)14-11(18)3-5-16-6-4-13-15-16/h1-2,4,6-7,17H,3,5H2,(H,14,18). The Balaban J connectivity index is 1.91. The first-order valence-electron chi connectivity index (χ1n) is 5.27. The van der Waals surface area contributed by atoms with Crippen molar-refractivity contribution in [2.45, 2.75) is 13.0 Å². The second kappa shape index (κ2) is 5.26. The van der Waals surface area contributed by atoms with E-state index in [9.17, 15) is 9.18 Å². The van der Waals surface area contributed by atoms with Crippen LogP contribution in [0.2, 0.25) is 0 Å². The molecule has 0 aliphatic heterocycles. The molecule has 1 heterocycles. The number of carbonyl (C=O) groups is 1. The summed E-state index contributed by atoms with van der Waals surface area (Å²) in [6.07, 6.45) is 3.30. The third-order valence-electron chi connectivity index (χ3n) is 2.27. The minimum atomic E-state index is -0.677. The lowest BCUT2D eigenvalue weighted by Gasteiger charge is -2.06. The second-order valence-electron chi connectivity index (χ2n) is 3.63. The van der Waals surface area contributed by atoms with Crippen molar-refractivity contribution in [3.63, 3.8) is 0 Å². The molecule has 18 heavy (non-hydrogen) atoms. The van der Waals surface area contributed by atoms with E-state index in [2.05, 4.69) is 15.6 Å². The van der Waals surface area contributed by atoms with Crippen LogP contribution < -0.4 is 5.32 Å². The van der Waals surface area contributed by atoms with Gasteiger partial charge in [0.2, 0.25) is 5.91 Å². The van der Waals surface area contributed by atoms with Gasteiger partial charge in [0.05, 0.1) is 18.4 Å². The molecule has 0 saturated carbocycles. The summed E-state index contributed by atoms with van der Waals surface area (Å²) in [5, 5.41) is 18.7. The molecular formula is C11H11FN4O2. The summed E-state index contributed by atoms with van der Waals surface area (Å²) in [6.45, 7) is 0.367. The minimum absolute atomic E-state index is 0.0383. The molecule has 0 bridgehead atoms. The monoisotopic (exact) mass is 250 g/mol. The zero-order valence-electron chi connectivity index (χ0n) is 9.38. The maximum Gasteiger partial charge on any atom is 0.226 e. The van der Waals surface area contributed by atoms with Crippen LogP contribution in [-0.4, -0.2) is 26.0 Å². The Morgan fingerprint density at radius 2 is 2.33 bits per heavy atom. The van der Waals surface area contributed by atoms with Gasteiger partial charge in [-0.1, -0.05) is 5.21 Å². The van der Waals surface area contributed by atoms with Crippen LogP contribution in [0.15, 0.2) is 30.6 Å². The Morgan fingerprint density at radius 3 is 3.00 bits per heavy atom. The molecule has 0 aliphatic carbocycles. The highest BCUT2D eigenvalue weighted by Gasteiger charge is 2.07. The maximum absolute atomic E-state index is 13.3. The number of halogens is 1. The van der Waals surface area contributed by atoms with Crippen molar-refractivity contribution in [2.75, 3.05) is 5.32 Å². The largest absolute Gasteiger partial charge is 0.508 e. The van der Waals surface area contributed by atoms with E-state index < -0.39 is 5.82 Å². The number of nitrogens with zero attached hydrogens (tertiary/aromatic N) is 3. The Kier molecular flexibility index (Phi) is 3.52. The van der Waals surface area contributed by atoms with Crippen LogP contribution in [0.3, 0.4) is 0 Å². The average molecular weight is 250 g/mol. The lowest BCUT2D eigenvalue weighted by molar-refractivity contribution is -0.116. The quantitative estimate of drug-likeness (QED) is 0.798. The van der Waals surface area contributed by atoms with E-state index in [1.165, 1.54) is 23.0 Å². The van der Waals surface area contributed by atoms with Crippen LogP contribution in [0.25, 0.3) is 0 Å². The van der Waals surface area contributed by atoms with Crippen LogP contribution in [0.5, 0.6) is 5.75 Å². The Labute approximate surface area is 102 Å². The molecule has 0 spiro atoms. The minimum Gasteiger partial charge on any atom is -0.508 e. The van der Waals surface area contributed by atoms with Gasteiger partial charge in [-0.05, 0) is 12.1 Å². The van der Waals surface area contributed by atoms with Crippen LogP contribution >= 0.6 is 0 Å². The van der Waals surface area contributed by atoms with Crippen LogP contribution in [0, 0.1) is 5.82 Å². The fraction of sp³-hybridized carbons (Fsp3) is 0.182. The van der Waals surface area contributed by atoms with Crippen molar-refractivity contribution in [2.24, 2.45) is 0 Å². The van der Waals surface area contributed by atoms with Crippen molar-refractivity contribution in [3.05, 3.63) is 36.4 Å². The fourth-order valence-electron chi connectivity index (χ4n) is 1.39. The number of aromatic nitrogens is 3. The van der Waals surface area contributed by atoms with Crippen molar-refractivity contribution < 1.29 is 14.3 Å². The SMILES string of the molecule is O=C(CCn1ccnn1)Nc1ccc(O)cc1F. The molecule has 0 atom stereocenters. The third-order valence-corrected chi connectivity index (χ3v) is 2.27. The molecule has 1 amide bonds. The molecule has 6 nitrogen and oxygen atoms in total. The van der Waals surface area contributed by atoms with Gasteiger partial charge in [-0.15, -0.1) is 5.10 Å². The number of amides is 1. The molecular weight excluding hydrogens is 239 g/mol. The molecule has 2 rings (SSSR count). The highest BCUT2D eigenvalue weighted by molar-refractivity contribution is 5.90. The number of benzene rings is 1. The topological polar surface area (TPSA) is 80.0 Å². The van der Waals surface area contributed by atoms with Gasteiger partial charge in [0.15, 0.2) is 0 Å². The number of anilines is 1. The maximum atomic E-state index is 13.3. The van der Waals surface area contributed by atoms with Gasteiger partial charge in [0.1, 0.15) is 11.6 Å². The molecule has 7 heteroatoms. The predicted octanol–water partition coefficient (Wildman–Crippen LogP) is 1.15. The molecule has 0 fully saturated rings. The lowest BCUT2D eigenvalue weighted by Crippen LogP contribution is -2.15. The number of phenolic OH excluding ortho intramolecular Hbond substituents is 1. The van der Waals surface area contributed by atoms with E-state index in [1.807, 2.05) is 0 Å². The Hall–Kier alpha value is -2.44. The number of nitrogens with one attached hydrogen (secondary N) is 1. The van der Waals surface area contributed by atoms with Crippen LogP contribution in [0.1, 0.15) is 6.42 Å². The van der Waals surface area contributed by atoms with E-state index in [4.69, 9.17) is 5.11 Å². The molecule has 0 radical (unpaired) electrons. The lowest BCUT2D eigenvalue weighted by atomic mass is 10.2. The number of hydrogen-bond donors (Lipinski definition) is 2. The normalized spacial score (nSPS) is 10.3. The highest BCUT2D eigenvalue weighted by Crippen LogP contribution is 2.19. The molecule has 0 saturated heterocycles. The van der Waals surface area contributed by atoms with Gasteiger partial charge in [0, 0.05) is 18.7 Å². The smallest absolute Gasteiger partial charge is 0.226 e. The van der Waals surface area contributed by atoms with Crippen molar-refractivity contribution in [1.82, 2.24) is 15.0 Å². The van der Waals surface area contributed by atoms with Crippen molar-refractivity contribution >= 4 is 11.6 Å². The van der Waals surface area contributed by atoms with Gasteiger partial charge < -0.3 is 10.4 Å². The summed E-state index contributed by atoms with van der Waals surface area (Å²) in [4.78, 5) is 11.5. The zero-order valence-corrected chi connectivity index (χ0v) is 9.38. The van der Waals surface area contributed by atoms with E-state index in [1.54, 1.807) is 6.20 Å². The summed E-state index contributed by atoms with van der Waals surface area (Å²) >= 11 is 0. The number of carbonyl (C=O) groups excluding carboxylic acids is 1. The number of aryl methyl sites for hydroxylation is 1. The van der Waals surface area contributed by atoms with E-state index in [-0.39, 0.29) is 23.8 Å². The number of rotatable bonds is 4. The van der Waals surface area contributed by atoms with Gasteiger partial charge in [0.25, 0.3) is 0 Å². The summed E-state index contributed by atoms with van der Waals surface area (Å²) in [5.41, 5.74) is 0.0383. The van der Waals surface area contributed by atoms with E-state index in [0.717, 1.165) is 6.07 Å². The van der Waals surface area contributed by atoms with Gasteiger partial charge in [-0.2, -0.15) is 0 Å². The molecule has 94 valence electrons. The summed E-state index contributed by atoms with van der Waals surface area (Å²) in [6, 6.07) is 3.54. The summed E-state index contributed by atoms with van der Waals surface area (Å²) in [5.74, 6) is -1.20. The van der Waals surface area contributed by atoms with E-state index in [0.29, 0.717) is 6.54 Å². The zero-order chi connectivity index (χ0) is 13.0. The predicted molar refractivity (Wildman–Crippen MR) is 61.3 cm³/mol.